The number of unbranched alkanes of at least 4 members (excludes halogenated alkanes) is 4. The number of benzene rings is 2. The average Bonchev–Trinajstić information content (AvgIpc) is 2.75. The van der Waals surface area contributed by atoms with Crippen molar-refractivity contribution in [1.82, 2.24) is 4.31 Å². The minimum atomic E-state index is -3.61. The predicted octanol–water partition coefficient (Wildman–Crippen LogP) is 7.23. The van der Waals surface area contributed by atoms with Gasteiger partial charge in [0.25, 0.3) is 10.0 Å². The fourth-order valence-electron chi connectivity index (χ4n) is 3.45. The van der Waals surface area contributed by atoms with Gasteiger partial charge in [0.1, 0.15) is 0 Å². The molecule has 0 saturated heterocycles. The van der Waals surface area contributed by atoms with Gasteiger partial charge in [0.2, 0.25) is 0 Å². The van der Waals surface area contributed by atoms with Crippen LogP contribution in [0.4, 0.5) is 0 Å². The summed E-state index contributed by atoms with van der Waals surface area (Å²) in [5.74, 6) is 0. The highest BCUT2D eigenvalue weighted by atomic mass is 32.2. The van der Waals surface area contributed by atoms with E-state index >= 15 is 0 Å². The van der Waals surface area contributed by atoms with E-state index in [9.17, 15) is 8.42 Å². The molecule has 0 saturated carbocycles. The van der Waals surface area contributed by atoms with Crippen molar-refractivity contribution in [2.24, 2.45) is 0 Å². The van der Waals surface area contributed by atoms with Gasteiger partial charge in [-0.05, 0) is 50.3 Å². The van der Waals surface area contributed by atoms with E-state index in [4.69, 9.17) is 0 Å². The quantitative estimate of drug-likeness (QED) is 0.316. The lowest BCUT2D eigenvalue weighted by atomic mass is 10.0. The van der Waals surface area contributed by atoms with E-state index in [1.165, 1.54) is 24.8 Å². The standard InChI is InChI=1S/C26H37NO2S/c1-4-6-8-10-14-24(13-7-5-2)21-27(22-25-15-11-9-12-16-25)30(28,29)26-19-17-23(3)18-20-26/h9,11-12,15-21H,4-8,10,13-14,22H2,1-3H3/b24-21-. The van der Waals surface area contributed by atoms with Crippen molar-refractivity contribution in [3.63, 3.8) is 0 Å². The van der Waals surface area contributed by atoms with Crippen molar-refractivity contribution in [2.45, 2.75) is 83.6 Å². The number of nitrogens with zero attached hydrogens (tertiary/aromatic N) is 1. The second-order valence-electron chi connectivity index (χ2n) is 8.05. The molecule has 30 heavy (non-hydrogen) atoms. The molecule has 3 nitrogen and oxygen atoms in total. The molecule has 0 unspecified atom stereocenters. The van der Waals surface area contributed by atoms with Crippen LogP contribution in [0.5, 0.6) is 0 Å². The molecule has 164 valence electrons. The van der Waals surface area contributed by atoms with Crippen LogP contribution in [0.15, 0.2) is 71.3 Å². The third-order valence-corrected chi connectivity index (χ3v) is 7.06. The smallest absolute Gasteiger partial charge is 0.264 e. The molecule has 2 aromatic rings. The van der Waals surface area contributed by atoms with E-state index in [2.05, 4.69) is 13.8 Å². The summed E-state index contributed by atoms with van der Waals surface area (Å²) < 4.78 is 28.6. The largest absolute Gasteiger partial charge is 0.269 e. The van der Waals surface area contributed by atoms with Crippen molar-refractivity contribution in [3.8, 4) is 0 Å². The topological polar surface area (TPSA) is 37.4 Å². The Labute approximate surface area is 183 Å². The third kappa shape index (κ3) is 7.64. The first-order valence-electron chi connectivity index (χ1n) is 11.3. The molecule has 0 spiro atoms. The molecule has 0 radical (unpaired) electrons. The van der Waals surface area contributed by atoms with E-state index in [1.54, 1.807) is 16.4 Å². The third-order valence-electron chi connectivity index (χ3n) is 5.34. The van der Waals surface area contributed by atoms with E-state index < -0.39 is 10.0 Å². The highest BCUT2D eigenvalue weighted by Crippen LogP contribution is 2.24. The summed E-state index contributed by atoms with van der Waals surface area (Å²) in [5, 5.41) is 0. The minimum Gasteiger partial charge on any atom is -0.269 e. The highest BCUT2D eigenvalue weighted by molar-refractivity contribution is 7.89. The summed E-state index contributed by atoms with van der Waals surface area (Å²) >= 11 is 0. The summed E-state index contributed by atoms with van der Waals surface area (Å²) in [4.78, 5) is 0.348. The number of hydrogen-bond donors (Lipinski definition) is 0. The van der Waals surface area contributed by atoms with Crippen molar-refractivity contribution < 1.29 is 8.42 Å². The molecule has 0 amide bonds. The molecular weight excluding hydrogens is 390 g/mol. The van der Waals surface area contributed by atoms with Crippen LogP contribution in [-0.4, -0.2) is 12.7 Å². The molecule has 0 fully saturated rings. The first-order valence-corrected chi connectivity index (χ1v) is 12.7. The van der Waals surface area contributed by atoms with E-state index in [-0.39, 0.29) is 0 Å². The van der Waals surface area contributed by atoms with Crippen LogP contribution in [0.1, 0.15) is 76.3 Å². The predicted molar refractivity (Wildman–Crippen MR) is 127 cm³/mol. The van der Waals surface area contributed by atoms with Gasteiger partial charge >= 0.3 is 0 Å². The maximum Gasteiger partial charge on any atom is 0.264 e. The van der Waals surface area contributed by atoms with Crippen LogP contribution in [0.2, 0.25) is 0 Å². The Kier molecular flexibility index (Phi) is 10.2. The molecule has 2 aromatic carbocycles. The summed E-state index contributed by atoms with van der Waals surface area (Å²) in [5.41, 5.74) is 3.28. The first kappa shape index (κ1) is 24.2. The summed E-state index contributed by atoms with van der Waals surface area (Å²) in [7, 11) is -3.61. The molecule has 4 heteroatoms. The second kappa shape index (κ2) is 12.6. The van der Waals surface area contributed by atoms with Crippen molar-refractivity contribution in [2.75, 3.05) is 0 Å². The lowest BCUT2D eigenvalue weighted by Gasteiger charge is -2.23. The van der Waals surface area contributed by atoms with Crippen LogP contribution >= 0.6 is 0 Å². The van der Waals surface area contributed by atoms with Gasteiger partial charge in [-0.1, -0.05) is 93.1 Å². The lowest BCUT2D eigenvalue weighted by molar-refractivity contribution is 0.489. The fraction of sp³-hybridized carbons (Fsp3) is 0.462. The normalized spacial score (nSPS) is 12.2. The molecule has 2 rings (SSSR count). The zero-order valence-corrected chi connectivity index (χ0v) is 19.6. The number of sulfonamides is 1. The van der Waals surface area contributed by atoms with Crippen molar-refractivity contribution >= 4 is 10.0 Å². The van der Waals surface area contributed by atoms with Gasteiger partial charge in [-0.3, -0.25) is 4.31 Å². The van der Waals surface area contributed by atoms with Gasteiger partial charge in [0, 0.05) is 6.20 Å². The fourth-order valence-corrected chi connectivity index (χ4v) is 4.81. The molecule has 0 aliphatic carbocycles. The zero-order chi connectivity index (χ0) is 21.8. The van der Waals surface area contributed by atoms with Gasteiger partial charge < -0.3 is 0 Å². The molecule has 0 bridgehead atoms. The van der Waals surface area contributed by atoms with Crippen LogP contribution < -0.4 is 0 Å². The van der Waals surface area contributed by atoms with Gasteiger partial charge in [0.15, 0.2) is 0 Å². The monoisotopic (exact) mass is 427 g/mol. The molecule has 0 atom stereocenters. The molecule has 0 aliphatic rings. The number of rotatable bonds is 13. The van der Waals surface area contributed by atoms with Crippen LogP contribution in [0.25, 0.3) is 0 Å². The maximum absolute atomic E-state index is 13.5. The molecule has 0 heterocycles. The highest BCUT2D eigenvalue weighted by Gasteiger charge is 2.22. The van der Waals surface area contributed by atoms with E-state index in [0.29, 0.717) is 11.4 Å². The van der Waals surface area contributed by atoms with Crippen LogP contribution in [0, 0.1) is 6.92 Å². The Balaban J connectivity index is 2.36. The van der Waals surface area contributed by atoms with Gasteiger partial charge in [0.05, 0.1) is 11.4 Å². The first-order chi connectivity index (χ1) is 14.5. The van der Waals surface area contributed by atoms with Crippen molar-refractivity contribution in [1.29, 1.82) is 0 Å². The summed E-state index contributed by atoms with van der Waals surface area (Å²) in [6.07, 6.45) is 10.8. The minimum absolute atomic E-state index is 0.348. The van der Waals surface area contributed by atoms with Gasteiger partial charge in [-0.15, -0.1) is 0 Å². The van der Waals surface area contributed by atoms with Crippen LogP contribution in [-0.2, 0) is 16.6 Å². The summed E-state index contributed by atoms with van der Waals surface area (Å²) in [6, 6.07) is 17.0. The lowest BCUT2D eigenvalue weighted by Crippen LogP contribution is -2.26. The SMILES string of the molecule is CCCCCC/C(=C\N(Cc1ccccc1)S(=O)(=O)c1ccc(C)cc1)CCCC. The molecule has 0 aromatic heterocycles. The zero-order valence-electron chi connectivity index (χ0n) is 18.8. The molecular formula is C26H37NO2S. The summed E-state index contributed by atoms with van der Waals surface area (Å²) in [6.45, 7) is 6.71. The number of aryl methyl sites for hydroxylation is 1. The van der Waals surface area contributed by atoms with Crippen LogP contribution in [0.3, 0.4) is 0 Å². The molecule has 0 N–H and O–H groups in total. The Morgan fingerprint density at radius 2 is 1.47 bits per heavy atom. The van der Waals surface area contributed by atoms with E-state index in [0.717, 1.165) is 43.2 Å². The Hall–Kier alpha value is -2.07. The van der Waals surface area contributed by atoms with Gasteiger partial charge in [-0.2, -0.15) is 0 Å². The van der Waals surface area contributed by atoms with Gasteiger partial charge in [-0.25, -0.2) is 8.42 Å². The maximum atomic E-state index is 13.5. The number of allylic oxidation sites excluding steroid dienone is 1. The Morgan fingerprint density at radius 3 is 2.10 bits per heavy atom. The number of hydrogen-bond acceptors (Lipinski definition) is 2. The Morgan fingerprint density at radius 1 is 0.833 bits per heavy atom. The van der Waals surface area contributed by atoms with E-state index in [1.807, 2.05) is 55.6 Å². The Bertz CT molecular complexity index is 871. The van der Waals surface area contributed by atoms with Crippen molar-refractivity contribution in [3.05, 3.63) is 77.5 Å². The second-order valence-corrected chi connectivity index (χ2v) is 9.94. The molecule has 0 aliphatic heterocycles. The average molecular weight is 428 g/mol.